The van der Waals surface area contributed by atoms with Gasteiger partial charge in [0.25, 0.3) is 5.95 Å². The predicted molar refractivity (Wildman–Crippen MR) is 186 cm³/mol. The van der Waals surface area contributed by atoms with E-state index in [1.54, 1.807) is 12.1 Å². The standard InChI is InChI=1S/C28H32N10O13S3.3Na/c1-46-27-34-23(29-9-14-52-50-48-41)32-24(35-27)31-20-8-6-18(22(16-20)54(43,44)45)4-3-17-5-7-19(15-21(17)53-51-49-42)30-25-33-26(37-28(36-25)47-2)38(10-12-39)11-13-40;;;/h3-9,15-16,39-42H,10-14H2,1-2H3,(H,43,44,45)(H,30,33,36,37)(H,31,32,34,35);;;/q;3*+1/p-3/b4-3?,29-9-;;;. The number of ether oxygens (including phenoxy) is 2. The maximum absolute atomic E-state index is 12.4. The van der Waals surface area contributed by atoms with Gasteiger partial charge in [-0.2, -0.15) is 38.6 Å². The average molecular weight is 879 g/mol. The first kappa shape index (κ1) is 53.2. The number of benzene rings is 2. The number of aliphatic imine (C=N–C) groups is 1. The number of aliphatic hydroxyl groups is 2. The van der Waals surface area contributed by atoms with E-state index in [0.29, 0.717) is 40.2 Å². The summed E-state index contributed by atoms with van der Waals surface area (Å²) in [5.41, 5.74) is 0.919. The van der Waals surface area contributed by atoms with Crippen molar-refractivity contribution in [1.29, 1.82) is 0 Å². The van der Waals surface area contributed by atoms with Crippen LogP contribution in [0, 0.1) is 0 Å². The molecule has 0 saturated heterocycles. The molecular weight excluding hydrogens is 850 g/mol. The fraction of sp³-hybridized carbons (Fsp3) is 0.250. The van der Waals surface area contributed by atoms with Crippen molar-refractivity contribution in [2.75, 3.05) is 61.8 Å². The summed E-state index contributed by atoms with van der Waals surface area (Å²) in [4.78, 5) is 30.0. The van der Waals surface area contributed by atoms with E-state index in [2.05, 4.69) is 64.3 Å². The number of aliphatic hydroxyl groups excluding tert-OH is 2. The second-order valence-corrected chi connectivity index (χ2v) is 12.6. The van der Waals surface area contributed by atoms with Crippen molar-refractivity contribution in [3.05, 3.63) is 47.5 Å². The van der Waals surface area contributed by atoms with Crippen molar-refractivity contribution in [3.8, 4) is 12.0 Å². The van der Waals surface area contributed by atoms with E-state index in [-0.39, 0.29) is 168 Å². The number of hydrogen-bond acceptors (Lipinski definition) is 25. The molecule has 0 fully saturated rings. The van der Waals surface area contributed by atoms with Gasteiger partial charge in [0.1, 0.15) is 10.1 Å². The van der Waals surface area contributed by atoms with E-state index in [0.717, 1.165) is 6.07 Å². The Morgan fingerprint density at radius 1 is 0.807 bits per heavy atom. The number of nitrogens with one attached hydrogen (secondary N) is 2. The quantitative estimate of drug-likeness (QED) is 0.00832. The maximum atomic E-state index is 12.4. The summed E-state index contributed by atoms with van der Waals surface area (Å²) in [6.07, 6.45) is 4.14. The van der Waals surface area contributed by atoms with Gasteiger partial charge in [-0.15, -0.1) is 0 Å². The van der Waals surface area contributed by atoms with Gasteiger partial charge in [-0.1, -0.05) is 24.3 Å². The molecule has 0 aliphatic carbocycles. The molecule has 0 aliphatic heterocycles. The van der Waals surface area contributed by atoms with Crippen LogP contribution in [0.25, 0.3) is 12.2 Å². The molecule has 0 radical (unpaired) electrons. The van der Waals surface area contributed by atoms with Gasteiger partial charge in [0.2, 0.25) is 17.8 Å². The monoisotopic (exact) mass is 878 g/mol. The molecule has 2 aromatic heterocycles. The van der Waals surface area contributed by atoms with Crippen LogP contribution in [-0.4, -0.2) is 106 Å². The molecule has 0 atom stereocenters. The minimum Gasteiger partial charge on any atom is -0.744 e. The molecule has 0 aliphatic rings. The Hall–Kier alpha value is -1.84. The Morgan fingerprint density at radius 2 is 1.39 bits per heavy atom. The van der Waals surface area contributed by atoms with Crippen LogP contribution in [0.15, 0.2) is 51.2 Å². The van der Waals surface area contributed by atoms with Crippen LogP contribution in [0.4, 0.5) is 35.2 Å². The van der Waals surface area contributed by atoms with Gasteiger partial charge in [0.15, 0.2) is 0 Å². The zero-order valence-corrected chi connectivity index (χ0v) is 39.4. The fourth-order valence-electron chi connectivity index (χ4n) is 4.21. The zero-order valence-electron chi connectivity index (χ0n) is 30.9. The van der Waals surface area contributed by atoms with Crippen LogP contribution in [0.2, 0.25) is 0 Å². The fourth-order valence-corrected chi connectivity index (χ4v) is 5.65. The van der Waals surface area contributed by atoms with Gasteiger partial charge in [-0.25, -0.2) is 13.4 Å². The number of methoxy groups -OCH3 is 2. The SMILES string of the molecule is COc1nc(/N=C\CSOO[O-])nc(Nc2ccc(C=Cc3ccc(Nc4nc(OC)nc(N(CCO)CCO)n4)cc3SOO[O-])c(S(=O)(=O)[O-])c2)n1.[Na+].[Na+].[Na+]. The normalized spacial score (nSPS) is 11.1. The summed E-state index contributed by atoms with van der Waals surface area (Å²) in [6.45, 7) is -0.212. The minimum absolute atomic E-state index is 0. The van der Waals surface area contributed by atoms with Gasteiger partial charge in [-0.05, 0) is 35.4 Å². The van der Waals surface area contributed by atoms with Crippen LogP contribution in [0.5, 0.6) is 12.0 Å². The summed E-state index contributed by atoms with van der Waals surface area (Å²) < 4.78 is 56.0. The van der Waals surface area contributed by atoms with Gasteiger partial charge in [0, 0.05) is 47.6 Å². The predicted octanol–water partition coefficient (Wildman–Crippen LogP) is -8.76. The van der Waals surface area contributed by atoms with E-state index >= 15 is 0 Å². The molecule has 290 valence electrons. The van der Waals surface area contributed by atoms with Crippen molar-refractivity contribution in [2.45, 2.75) is 9.79 Å². The first-order valence-corrected chi connectivity index (χ1v) is 17.9. The van der Waals surface area contributed by atoms with Crippen molar-refractivity contribution >= 4 is 87.7 Å². The Morgan fingerprint density at radius 3 is 1.98 bits per heavy atom. The smallest absolute Gasteiger partial charge is 0.744 e. The number of aromatic nitrogens is 6. The Bertz CT molecular complexity index is 2030. The van der Waals surface area contributed by atoms with E-state index in [9.17, 15) is 33.7 Å². The molecule has 0 bridgehead atoms. The molecule has 4 aromatic rings. The first-order chi connectivity index (χ1) is 26.1. The molecule has 2 aromatic carbocycles. The van der Waals surface area contributed by atoms with Gasteiger partial charge < -0.3 is 50.3 Å². The first-order valence-electron chi connectivity index (χ1n) is 14.9. The third-order valence-corrected chi connectivity index (χ3v) is 8.41. The van der Waals surface area contributed by atoms with Crippen LogP contribution >= 0.6 is 24.1 Å². The van der Waals surface area contributed by atoms with Crippen molar-refractivity contribution in [1.82, 2.24) is 29.9 Å². The van der Waals surface area contributed by atoms with Crippen LogP contribution in [0.1, 0.15) is 11.1 Å². The zero-order chi connectivity index (χ0) is 38.9. The Balaban J connectivity index is 0.00000541. The molecule has 29 heteroatoms. The molecule has 0 unspecified atom stereocenters. The van der Waals surface area contributed by atoms with E-state index in [4.69, 9.17) is 9.47 Å². The number of rotatable bonds is 22. The van der Waals surface area contributed by atoms with Crippen molar-refractivity contribution < 1.29 is 151 Å². The average Bonchev–Trinajstić information content (AvgIpc) is 3.16. The molecule has 57 heavy (non-hydrogen) atoms. The molecule has 4 rings (SSSR count). The van der Waals surface area contributed by atoms with Crippen LogP contribution in [0.3, 0.4) is 0 Å². The summed E-state index contributed by atoms with van der Waals surface area (Å²) in [5, 5.41) is 51.9. The van der Waals surface area contributed by atoms with Crippen molar-refractivity contribution in [2.24, 2.45) is 4.99 Å². The summed E-state index contributed by atoms with van der Waals surface area (Å²) in [7, 11) is -2.38. The molecule has 2 heterocycles. The van der Waals surface area contributed by atoms with Gasteiger partial charge in [-0.3, -0.25) is 10.1 Å². The summed E-state index contributed by atoms with van der Waals surface area (Å²) in [5.74, 6) is 0.0514. The molecule has 23 nitrogen and oxygen atoms in total. The number of hydrogen-bond donors (Lipinski definition) is 4. The van der Waals surface area contributed by atoms with Crippen LogP contribution < -0.4 is 124 Å². The second-order valence-electron chi connectivity index (χ2n) is 9.82. The Kier molecular flexibility index (Phi) is 26.0. The summed E-state index contributed by atoms with van der Waals surface area (Å²) in [6, 6.07) is 8.43. The Labute approximate surface area is 400 Å². The second kappa shape index (κ2) is 27.8. The molecule has 0 spiro atoms. The molecular formula is C28H29N10Na3O13S3. The third kappa shape index (κ3) is 17.3. The van der Waals surface area contributed by atoms with Crippen molar-refractivity contribution in [3.63, 3.8) is 0 Å². The third-order valence-electron chi connectivity index (χ3n) is 6.42. The van der Waals surface area contributed by atoms with Gasteiger partial charge >= 0.3 is 101 Å². The van der Waals surface area contributed by atoms with E-state index < -0.39 is 15.0 Å². The van der Waals surface area contributed by atoms with E-state index in [1.807, 2.05) is 0 Å². The molecule has 0 saturated carbocycles. The number of nitrogens with zero attached hydrogens (tertiary/aromatic N) is 8. The topological polar surface area (TPSA) is 316 Å². The van der Waals surface area contributed by atoms with Gasteiger partial charge in [0.05, 0.1) is 50.1 Å². The molecule has 0 amide bonds. The van der Waals surface area contributed by atoms with E-state index in [1.165, 1.54) is 55.7 Å². The minimum atomic E-state index is -5.03. The molecule has 4 N–H and O–H groups in total. The number of anilines is 5. The maximum Gasteiger partial charge on any atom is 1.00 e. The summed E-state index contributed by atoms with van der Waals surface area (Å²) >= 11 is 1.20. The van der Waals surface area contributed by atoms with Crippen LogP contribution in [-0.2, 0) is 28.9 Å². The largest absolute Gasteiger partial charge is 1.00 e.